The summed E-state index contributed by atoms with van der Waals surface area (Å²) in [5.41, 5.74) is 0. The monoisotopic (exact) mass is 342 g/mol. The zero-order valence-electron chi connectivity index (χ0n) is 14.8. The van der Waals surface area contributed by atoms with Gasteiger partial charge in [0.25, 0.3) is 0 Å². The third kappa shape index (κ3) is 4.55. The summed E-state index contributed by atoms with van der Waals surface area (Å²) in [7, 11) is 0. The zero-order valence-corrected chi connectivity index (χ0v) is 14.8. The quantitative estimate of drug-likeness (QED) is 0.782. The number of aromatic nitrogens is 4. The Labute approximate surface area is 148 Å². The van der Waals surface area contributed by atoms with Gasteiger partial charge in [0.1, 0.15) is 12.1 Å². The van der Waals surface area contributed by atoms with Crippen LogP contribution in [-0.4, -0.2) is 44.6 Å². The lowest BCUT2D eigenvalue weighted by atomic mass is 9.99. The van der Waals surface area contributed by atoms with Crippen LogP contribution in [0.25, 0.3) is 5.95 Å². The van der Waals surface area contributed by atoms with Gasteiger partial charge in [-0.1, -0.05) is 13.3 Å². The molecule has 0 bridgehead atoms. The number of nitrogens with zero attached hydrogens (tertiary/aromatic N) is 5. The van der Waals surface area contributed by atoms with E-state index in [1.165, 1.54) is 0 Å². The SMILES string of the molecule is CCCCNC(=O)CC1CCCCN1c1ccnc(-n2ccnc2)n1. The highest BCUT2D eigenvalue weighted by molar-refractivity contribution is 5.77. The van der Waals surface area contributed by atoms with E-state index in [2.05, 4.69) is 32.1 Å². The third-order valence-corrected chi connectivity index (χ3v) is 4.56. The van der Waals surface area contributed by atoms with Crippen molar-refractivity contribution in [2.75, 3.05) is 18.0 Å². The van der Waals surface area contributed by atoms with Gasteiger partial charge in [-0.25, -0.2) is 9.97 Å². The van der Waals surface area contributed by atoms with Gasteiger partial charge >= 0.3 is 0 Å². The molecule has 2 aromatic heterocycles. The van der Waals surface area contributed by atoms with Gasteiger partial charge in [0, 0.05) is 44.1 Å². The molecule has 0 aliphatic carbocycles. The minimum Gasteiger partial charge on any atom is -0.356 e. The first-order valence-corrected chi connectivity index (χ1v) is 9.12. The second-order valence-electron chi connectivity index (χ2n) is 6.44. The molecule has 1 aliphatic rings. The first-order chi connectivity index (χ1) is 12.3. The molecule has 0 saturated carbocycles. The van der Waals surface area contributed by atoms with Crippen molar-refractivity contribution in [3.63, 3.8) is 0 Å². The summed E-state index contributed by atoms with van der Waals surface area (Å²) in [5.74, 6) is 1.62. The summed E-state index contributed by atoms with van der Waals surface area (Å²) < 4.78 is 1.79. The van der Waals surface area contributed by atoms with Crippen molar-refractivity contribution in [3.05, 3.63) is 31.0 Å². The average Bonchev–Trinajstić information content (AvgIpc) is 3.17. The Kier molecular flexibility index (Phi) is 5.98. The maximum Gasteiger partial charge on any atom is 0.236 e. The summed E-state index contributed by atoms with van der Waals surface area (Å²) in [6.07, 6.45) is 12.9. The number of amides is 1. The van der Waals surface area contributed by atoms with Crippen LogP contribution in [0.15, 0.2) is 31.0 Å². The highest BCUT2D eigenvalue weighted by Crippen LogP contribution is 2.25. The number of nitrogens with one attached hydrogen (secondary N) is 1. The van der Waals surface area contributed by atoms with E-state index in [1.54, 1.807) is 23.3 Å². The molecule has 1 saturated heterocycles. The Morgan fingerprint density at radius 2 is 2.28 bits per heavy atom. The molecule has 1 amide bonds. The molecule has 0 spiro atoms. The van der Waals surface area contributed by atoms with E-state index < -0.39 is 0 Å². The van der Waals surface area contributed by atoms with E-state index in [0.29, 0.717) is 12.4 Å². The van der Waals surface area contributed by atoms with Crippen LogP contribution in [-0.2, 0) is 4.79 Å². The van der Waals surface area contributed by atoms with Crippen LogP contribution >= 0.6 is 0 Å². The van der Waals surface area contributed by atoms with Crippen molar-refractivity contribution in [1.82, 2.24) is 24.8 Å². The summed E-state index contributed by atoms with van der Waals surface area (Å²) in [5, 5.41) is 3.03. The molecule has 0 radical (unpaired) electrons. The van der Waals surface area contributed by atoms with Crippen LogP contribution in [0.4, 0.5) is 5.82 Å². The van der Waals surface area contributed by atoms with Gasteiger partial charge in [0.2, 0.25) is 11.9 Å². The van der Waals surface area contributed by atoms with Crippen LogP contribution in [0.5, 0.6) is 0 Å². The largest absolute Gasteiger partial charge is 0.356 e. The van der Waals surface area contributed by atoms with Crippen molar-refractivity contribution in [3.8, 4) is 5.95 Å². The van der Waals surface area contributed by atoms with E-state index >= 15 is 0 Å². The Morgan fingerprint density at radius 3 is 3.08 bits per heavy atom. The molecular formula is C18H26N6O. The topological polar surface area (TPSA) is 75.9 Å². The minimum atomic E-state index is 0.134. The first-order valence-electron chi connectivity index (χ1n) is 9.12. The van der Waals surface area contributed by atoms with Crippen LogP contribution in [0.1, 0.15) is 45.4 Å². The summed E-state index contributed by atoms with van der Waals surface area (Å²) in [6, 6.07) is 2.12. The number of carbonyl (C=O) groups excluding carboxylic acids is 1. The lowest BCUT2D eigenvalue weighted by molar-refractivity contribution is -0.121. The number of anilines is 1. The van der Waals surface area contributed by atoms with Crippen molar-refractivity contribution in [1.29, 1.82) is 0 Å². The normalized spacial score (nSPS) is 17.5. The fourth-order valence-corrected chi connectivity index (χ4v) is 3.21. The summed E-state index contributed by atoms with van der Waals surface area (Å²) >= 11 is 0. The number of hydrogen-bond acceptors (Lipinski definition) is 5. The molecule has 1 atom stereocenters. The average molecular weight is 342 g/mol. The van der Waals surface area contributed by atoms with Crippen molar-refractivity contribution < 1.29 is 4.79 Å². The first kappa shape index (κ1) is 17.4. The maximum absolute atomic E-state index is 12.2. The molecule has 1 aliphatic heterocycles. The standard InChI is InChI=1S/C18H26N6O/c1-2-3-8-20-17(25)13-15-6-4-5-11-24(15)16-7-9-21-18(22-16)23-12-10-19-14-23/h7,9-10,12,14-15H,2-6,8,11,13H2,1H3,(H,20,25). The number of rotatable bonds is 7. The molecule has 7 nitrogen and oxygen atoms in total. The van der Waals surface area contributed by atoms with E-state index in [9.17, 15) is 4.79 Å². The predicted octanol–water partition coefficient (Wildman–Crippen LogP) is 2.33. The Bertz CT molecular complexity index is 672. The number of piperidine rings is 1. The number of hydrogen-bond donors (Lipinski definition) is 1. The molecule has 1 unspecified atom stereocenters. The Hall–Kier alpha value is -2.44. The van der Waals surface area contributed by atoms with Crippen LogP contribution in [0.3, 0.4) is 0 Å². The molecule has 7 heteroatoms. The lowest BCUT2D eigenvalue weighted by Crippen LogP contribution is -2.43. The van der Waals surface area contributed by atoms with Crippen molar-refractivity contribution in [2.24, 2.45) is 0 Å². The van der Waals surface area contributed by atoms with Crippen LogP contribution < -0.4 is 10.2 Å². The molecule has 0 aromatic carbocycles. The maximum atomic E-state index is 12.2. The summed E-state index contributed by atoms with van der Waals surface area (Å²) in [4.78, 5) is 27.5. The molecule has 2 aromatic rings. The van der Waals surface area contributed by atoms with Gasteiger partial charge < -0.3 is 10.2 Å². The van der Waals surface area contributed by atoms with Crippen LogP contribution in [0, 0.1) is 0 Å². The minimum absolute atomic E-state index is 0.134. The molecule has 1 N–H and O–H groups in total. The molecule has 134 valence electrons. The van der Waals surface area contributed by atoms with Gasteiger partial charge in [-0.2, -0.15) is 4.98 Å². The van der Waals surface area contributed by atoms with Crippen molar-refractivity contribution in [2.45, 2.75) is 51.5 Å². The van der Waals surface area contributed by atoms with E-state index in [0.717, 1.165) is 51.0 Å². The predicted molar refractivity (Wildman–Crippen MR) is 96.7 cm³/mol. The fourth-order valence-electron chi connectivity index (χ4n) is 3.21. The van der Waals surface area contributed by atoms with Crippen molar-refractivity contribution >= 4 is 11.7 Å². The van der Waals surface area contributed by atoms with Gasteiger partial charge in [-0.15, -0.1) is 0 Å². The van der Waals surface area contributed by atoms with Crippen LogP contribution in [0.2, 0.25) is 0 Å². The van der Waals surface area contributed by atoms with E-state index in [4.69, 9.17) is 0 Å². The summed E-state index contributed by atoms with van der Waals surface area (Å²) in [6.45, 7) is 3.82. The Balaban J connectivity index is 1.70. The number of unbranched alkanes of at least 4 members (excludes halogenated alkanes) is 1. The van der Waals surface area contributed by atoms with E-state index in [1.807, 2.05) is 12.3 Å². The highest BCUT2D eigenvalue weighted by atomic mass is 16.1. The lowest BCUT2D eigenvalue weighted by Gasteiger charge is -2.36. The molecular weight excluding hydrogens is 316 g/mol. The third-order valence-electron chi connectivity index (χ3n) is 4.56. The Morgan fingerprint density at radius 1 is 1.36 bits per heavy atom. The van der Waals surface area contributed by atoms with Gasteiger partial charge in [-0.3, -0.25) is 9.36 Å². The van der Waals surface area contributed by atoms with Gasteiger partial charge in [0.05, 0.1) is 0 Å². The van der Waals surface area contributed by atoms with Gasteiger partial charge in [-0.05, 0) is 31.7 Å². The molecule has 3 heterocycles. The highest BCUT2D eigenvalue weighted by Gasteiger charge is 2.26. The molecule has 25 heavy (non-hydrogen) atoms. The molecule has 1 fully saturated rings. The number of carbonyl (C=O) groups is 1. The molecule has 3 rings (SSSR count). The zero-order chi connectivity index (χ0) is 17.5. The fraction of sp³-hybridized carbons (Fsp3) is 0.556. The smallest absolute Gasteiger partial charge is 0.236 e. The van der Waals surface area contributed by atoms with E-state index in [-0.39, 0.29) is 11.9 Å². The second-order valence-corrected chi connectivity index (χ2v) is 6.44. The van der Waals surface area contributed by atoms with Gasteiger partial charge in [0.15, 0.2) is 0 Å². The number of imidazole rings is 1. The second kappa shape index (κ2) is 8.60.